The number of carbonyl (C=O) groups is 1. The molecule has 1 fully saturated rings. The van der Waals surface area contributed by atoms with Crippen LogP contribution in [0.15, 0.2) is 6.07 Å². The summed E-state index contributed by atoms with van der Waals surface area (Å²) in [4.78, 5) is 22.6. The monoisotopic (exact) mass is 277 g/mol. The van der Waals surface area contributed by atoms with Crippen molar-refractivity contribution in [2.24, 2.45) is 5.41 Å². The maximum absolute atomic E-state index is 11.4. The van der Waals surface area contributed by atoms with Crippen LogP contribution in [0.25, 0.3) is 0 Å². The fourth-order valence-corrected chi connectivity index (χ4v) is 2.60. The van der Waals surface area contributed by atoms with Gasteiger partial charge in [-0.1, -0.05) is 13.8 Å². The highest BCUT2D eigenvalue weighted by Gasteiger charge is 2.38. The van der Waals surface area contributed by atoms with E-state index in [2.05, 4.69) is 28.7 Å². The summed E-state index contributed by atoms with van der Waals surface area (Å²) >= 11 is 0. The molecule has 110 valence electrons. The summed E-state index contributed by atoms with van der Waals surface area (Å²) in [5, 5.41) is 9.40. The van der Waals surface area contributed by atoms with Gasteiger partial charge in [-0.05, 0) is 26.7 Å². The predicted molar refractivity (Wildman–Crippen MR) is 78.0 cm³/mol. The quantitative estimate of drug-likeness (QED) is 0.920. The van der Waals surface area contributed by atoms with Crippen molar-refractivity contribution in [1.29, 1.82) is 0 Å². The number of carboxylic acids is 1. The van der Waals surface area contributed by atoms with Crippen LogP contribution in [0.4, 0.5) is 5.82 Å². The smallest absolute Gasteiger partial charge is 0.311 e. The molecule has 2 heterocycles. The molecule has 1 saturated heterocycles. The van der Waals surface area contributed by atoms with Crippen molar-refractivity contribution < 1.29 is 9.90 Å². The van der Waals surface area contributed by atoms with Gasteiger partial charge >= 0.3 is 5.97 Å². The van der Waals surface area contributed by atoms with Crippen LogP contribution in [0.1, 0.15) is 51.0 Å². The summed E-state index contributed by atoms with van der Waals surface area (Å²) in [7, 11) is 0. The molecule has 0 saturated carbocycles. The number of nitrogens with zero attached hydrogens (tertiary/aromatic N) is 3. The Kier molecular flexibility index (Phi) is 3.97. The Labute approximate surface area is 120 Å². The molecule has 1 aromatic rings. The fraction of sp³-hybridized carbons (Fsp3) is 0.667. The van der Waals surface area contributed by atoms with Gasteiger partial charge in [0.1, 0.15) is 11.6 Å². The SMILES string of the molecule is Cc1cc(N2CCCC(C)(C(=O)O)C2)nc(C(C)C)n1. The standard InChI is InChI=1S/C15H23N3O2/c1-10(2)13-16-11(3)8-12(17-13)18-7-5-6-15(4,9-18)14(19)20/h8,10H,5-7,9H2,1-4H3,(H,19,20). The van der Waals surface area contributed by atoms with Gasteiger partial charge in [0.15, 0.2) is 0 Å². The summed E-state index contributed by atoms with van der Waals surface area (Å²) < 4.78 is 0. The lowest BCUT2D eigenvalue weighted by Crippen LogP contribution is -2.46. The number of rotatable bonds is 3. The van der Waals surface area contributed by atoms with E-state index < -0.39 is 11.4 Å². The summed E-state index contributed by atoms with van der Waals surface area (Å²) in [5.41, 5.74) is 0.246. The minimum absolute atomic E-state index is 0.268. The summed E-state index contributed by atoms with van der Waals surface area (Å²) in [6.45, 7) is 9.27. The van der Waals surface area contributed by atoms with Crippen molar-refractivity contribution in [3.63, 3.8) is 0 Å². The second kappa shape index (κ2) is 5.38. The summed E-state index contributed by atoms with van der Waals surface area (Å²) in [6, 6.07) is 1.94. The van der Waals surface area contributed by atoms with Crippen LogP contribution in [-0.4, -0.2) is 34.1 Å². The number of aliphatic carboxylic acids is 1. The minimum atomic E-state index is -0.725. The first kappa shape index (κ1) is 14.8. The van der Waals surface area contributed by atoms with E-state index >= 15 is 0 Å². The van der Waals surface area contributed by atoms with E-state index in [0.717, 1.165) is 36.7 Å². The average molecular weight is 277 g/mol. The summed E-state index contributed by atoms with van der Waals surface area (Å²) in [5.74, 6) is 1.22. The van der Waals surface area contributed by atoms with E-state index in [1.54, 1.807) is 0 Å². The number of piperidine rings is 1. The van der Waals surface area contributed by atoms with Crippen LogP contribution in [0, 0.1) is 12.3 Å². The van der Waals surface area contributed by atoms with E-state index in [4.69, 9.17) is 0 Å². The first-order valence-electron chi connectivity index (χ1n) is 7.16. The topological polar surface area (TPSA) is 66.3 Å². The Morgan fingerprint density at radius 2 is 2.15 bits per heavy atom. The van der Waals surface area contributed by atoms with Crippen molar-refractivity contribution >= 4 is 11.8 Å². The zero-order valence-corrected chi connectivity index (χ0v) is 12.7. The Morgan fingerprint density at radius 3 is 2.75 bits per heavy atom. The highest BCUT2D eigenvalue weighted by molar-refractivity contribution is 5.75. The van der Waals surface area contributed by atoms with E-state index in [0.29, 0.717) is 6.54 Å². The van der Waals surface area contributed by atoms with Gasteiger partial charge in [0.25, 0.3) is 0 Å². The maximum atomic E-state index is 11.4. The van der Waals surface area contributed by atoms with Crippen molar-refractivity contribution in [3.8, 4) is 0 Å². The molecule has 5 nitrogen and oxygen atoms in total. The molecule has 5 heteroatoms. The van der Waals surface area contributed by atoms with Gasteiger partial charge in [0.05, 0.1) is 5.41 Å². The molecule has 0 aromatic carbocycles. The summed E-state index contributed by atoms with van der Waals surface area (Å²) in [6.07, 6.45) is 1.60. The van der Waals surface area contributed by atoms with Gasteiger partial charge in [0.2, 0.25) is 0 Å². The molecule has 0 bridgehead atoms. The molecule has 0 radical (unpaired) electrons. The van der Waals surface area contributed by atoms with E-state index in [1.807, 2.05) is 19.9 Å². The van der Waals surface area contributed by atoms with E-state index in [-0.39, 0.29) is 5.92 Å². The molecule has 1 aliphatic rings. The number of hydrogen-bond donors (Lipinski definition) is 1. The van der Waals surface area contributed by atoms with Crippen molar-refractivity contribution in [3.05, 3.63) is 17.6 Å². The van der Waals surface area contributed by atoms with Crippen molar-refractivity contribution in [1.82, 2.24) is 9.97 Å². The van der Waals surface area contributed by atoms with Crippen LogP contribution >= 0.6 is 0 Å². The normalized spacial score (nSPS) is 23.1. The molecule has 0 aliphatic carbocycles. The number of hydrogen-bond acceptors (Lipinski definition) is 4. The molecule has 20 heavy (non-hydrogen) atoms. The molecule has 0 spiro atoms. The predicted octanol–water partition coefficient (Wildman–Crippen LogP) is 2.60. The second-order valence-corrected chi connectivity index (χ2v) is 6.27. The zero-order valence-electron chi connectivity index (χ0n) is 12.7. The maximum Gasteiger partial charge on any atom is 0.311 e. The average Bonchev–Trinajstić information content (AvgIpc) is 2.38. The van der Waals surface area contributed by atoms with Crippen LogP contribution in [-0.2, 0) is 4.79 Å². The van der Waals surface area contributed by atoms with Crippen molar-refractivity contribution in [2.75, 3.05) is 18.0 Å². The van der Waals surface area contributed by atoms with Gasteiger partial charge in [0, 0.05) is 30.8 Å². The molecule has 0 amide bonds. The Bertz CT molecular complexity index is 516. The highest BCUT2D eigenvalue weighted by atomic mass is 16.4. The lowest BCUT2D eigenvalue weighted by Gasteiger charge is -2.38. The van der Waals surface area contributed by atoms with Gasteiger partial charge in [-0.15, -0.1) is 0 Å². The van der Waals surface area contributed by atoms with Crippen LogP contribution in [0.3, 0.4) is 0 Å². The molecule has 1 N–H and O–H groups in total. The minimum Gasteiger partial charge on any atom is -0.481 e. The number of carboxylic acid groups (broad SMARTS) is 1. The van der Waals surface area contributed by atoms with Crippen LogP contribution in [0.5, 0.6) is 0 Å². The molecule has 2 rings (SSSR count). The number of aryl methyl sites for hydroxylation is 1. The Hall–Kier alpha value is -1.65. The molecule has 1 atom stereocenters. The Balaban J connectivity index is 2.29. The molecule has 1 aliphatic heterocycles. The second-order valence-electron chi connectivity index (χ2n) is 6.27. The highest BCUT2D eigenvalue weighted by Crippen LogP contribution is 2.32. The zero-order chi connectivity index (χ0) is 14.9. The van der Waals surface area contributed by atoms with Crippen LogP contribution in [0.2, 0.25) is 0 Å². The largest absolute Gasteiger partial charge is 0.481 e. The van der Waals surface area contributed by atoms with Crippen LogP contribution < -0.4 is 4.90 Å². The van der Waals surface area contributed by atoms with Gasteiger partial charge in [-0.25, -0.2) is 9.97 Å². The van der Waals surface area contributed by atoms with Crippen molar-refractivity contribution in [2.45, 2.75) is 46.5 Å². The molecule has 1 unspecified atom stereocenters. The van der Waals surface area contributed by atoms with E-state index in [9.17, 15) is 9.90 Å². The first-order valence-corrected chi connectivity index (χ1v) is 7.16. The fourth-order valence-electron chi connectivity index (χ4n) is 2.60. The molecular weight excluding hydrogens is 254 g/mol. The van der Waals surface area contributed by atoms with Gasteiger partial charge < -0.3 is 10.0 Å². The number of anilines is 1. The molecular formula is C15H23N3O2. The third-order valence-corrected chi connectivity index (χ3v) is 3.91. The first-order chi connectivity index (χ1) is 9.32. The lowest BCUT2D eigenvalue weighted by molar-refractivity contribution is -0.148. The van der Waals surface area contributed by atoms with E-state index in [1.165, 1.54) is 0 Å². The number of aromatic nitrogens is 2. The third-order valence-electron chi connectivity index (χ3n) is 3.91. The van der Waals surface area contributed by atoms with Gasteiger partial charge in [-0.3, -0.25) is 4.79 Å². The third kappa shape index (κ3) is 2.92. The lowest BCUT2D eigenvalue weighted by atomic mass is 9.82. The molecule has 1 aromatic heterocycles. The Morgan fingerprint density at radius 1 is 1.45 bits per heavy atom. The van der Waals surface area contributed by atoms with Gasteiger partial charge in [-0.2, -0.15) is 0 Å².